The topological polar surface area (TPSA) is 75.7 Å². The SMILES string of the molecule is CCC[C@H](C)C(=O)Nc1ccc(S(=O)(=O)N2CCOCC2)cc1. The van der Waals surface area contributed by atoms with Crippen LogP contribution in [0.4, 0.5) is 5.69 Å². The molecule has 1 atom stereocenters. The summed E-state index contributed by atoms with van der Waals surface area (Å²) >= 11 is 0. The molecule has 1 aromatic rings. The lowest BCUT2D eigenvalue weighted by Crippen LogP contribution is -2.40. The zero-order chi connectivity index (χ0) is 16.9. The van der Waals surface area contributed by atoms with Gasteiger partial charge in [0.2, 0.25) is 15.9 Å². The number of carbonyl (C=O) groups excluding carboxylic acids is 1. The molecule has 0 bridgehead atoms. The number of amides is 1. The van der Waals surface area contributed by atoms with Crippen LogP contribution < -0.4 is 5.32 Å². The predicted octanol–water partition coefficient (Wildman–Crippen LogP) is 2.08. The van der Waals surface area contributed by atoms with Gasteiger partial charge in [0.1, 0.15) is 0 Å². The molecule has 1 aromatic carbocycles. The second-order valence-electron chi connectivity index (χ2n) is 5.72. The van der Waals surface area contributed by atoms with Crippen LogP contribution in [0.2, 0.25) is 0 Å². The fraction of sp³-hybridized carbons (Fsp3) is 0.562. The summed E-state index contributed by atoms with van der Waals surface area (Å²) in [6.45, 7) is 5.50. The maximum absolute atomic E-state index is 12.5. The van der Waals surface area contributed by atoms with Crippen molar-refractivity contribution in [3.63, 3.8) is 0 Å². The largest absolute Gasteiger partial charge is 0.379 e. The van der Waals surface area contributed by atoms with E-state index in [4.69, 9.17) is 4.74 Å². The van der Waals surface area contributed by atoms with Crippen molar-refractivity contribution in [1.29, 1.82) is 0 Å². The molecule has 0 aromatic heterocycles. The minimum absolute atomic E-state index is 0.0457. The van der Waals surface area contributed by atoms with E-state index in [1.807, 2.05) is 13.8 Å². The van der Waals surface area contributed by atoms with Gasteiger partial charge in [0.15, 0.2) is 0 Å². The van der Waals surface area contributed by atoms with Crippen LogP contribution in [0.1, 0.15) is 26.7 Å². The molecule has 2 rings (SSSR count). The third kappa shape index (κ3) is 4.53. The number of sulfonamides is 1. The molecule has 0 saturated carbocycles. The molecule has 1 fully saturated rings. The molecule has 1 amide bonds. The molecule has 0 unspecified atom stereocenters. The third-order valence-electron chi connectivity index (χ3n) is 3.90. The van der Waals surface area contributed by atoms with Crippen molar-refractivity contribution in [2.45, 2.75) is 31.6 Å². The van der Waals surface area contributed by atoms with Gasteiger partial charge < -0.3 is 10.1 Å². The normalized spacial score (nSPS) is 17.7. The minimum Gasteiger partial charge on any atom is -0.379 e. The van der Waals surface area contributed by atoms with Gasteiger partial charge in [0.05, 0.1) is 18.1 Å². The Balaban J connectivity index is 2.05. The second kappa shape index (κ2) is 7.90. The van der Waals surface area contributed by atoms with Crippen LogP contribution in [0.15, 0.2) is 29.2 Å². The van der Waals surface area contributed by atoms with Gasteiger partial charge in [-0.1, -0.05) is 20.3 Å². The first-order valence-electron chi connectivity index (χ1n) is 7.94. The zero-order valence-corrected chi connectivity index (χ0v) is 14.4. The number of nitrogens with one attached hydrogen (secondary N) is 1. The van der Waals surface area contributed by atoms with E-state index in [-0.39, 0.29) is 16.7 Å². The number of rotatable bonds is 6. The summed E-state index contributed by atoms with van der Waals surface area (Å²) in [4.78, 5) is 12.2. The maximum atomic E-state index is 12.5. The summed E-state index contributed by atoms with van der Waals surface area (Å²) in [5, 5.41) is 2.82. The van der Waals surface area contributed by atoms with Crippen LogP contribution in [0.5, 0.6) is 0 Å². The number of hydrogen-bond acceptors (Lipinski definition) is 4. The van der Waals surface area contributed by atoms with Gasteiger partial charge in [-0.05, 0) is 30.7 Å². The Morgan fingerprint density at radius 3 is 2.43 bits per heavy atom. The summed E-state index contributed by atoms with van der Waals surface area (Å²) in [5.41, 5.74) is 0.610. The standard InChI is InChI=1S/C16H24N2O4S/c1-3-4-13(2)16(19)17-14-5-7-15(8-6-14)23(20,21)18-9-11-22-12-10-18/h5-8,13H,3-4,9-12H2,1-2H3,(H,17,19)/t13-/m0/s1. The van der Waals surface area contributed by atoms with Crippen LogP contribution in [0.25, 0.3) is 0 Å². The Morgan fingerprint density at radius 1 is 1.26 bits per heavy atom. The molecule has 7 heteroatoms. The van der Waals surface area contributed by atoms with Crippen molar-refractivity contribution < 1.29 is 17.9 Å². The molecule has 6 nitrogen and oxygen atoms in total. The van der Waals surface area contributed by atoms with Crippen LogP contribution in [-0.4, -0.2) is 44.9 Å². The van der Waals surface area contributed by atoms with Gasteiger partial charge in [0.25, 0.3) is 0 Å². The third-order valence-corrected chi connectivity index (χ3v) is 5.81. The fourth-order valence-corrected chi connectivity index (χ4v) is 3.88. The van der Waals surface area contributed by atoms with Gasteiger partial charge in [-0.2, -0.15) is 4.31 Å². The Kier molecular flexibility index (Phi) is 6.15. The van der Waals surface area contributed by atoms with E-state index < -0.39 is 10.0 Å². The number of carbonyl (C=O) groups is 1. The van der Waals surface area contributed by atoms with Gasteiger partial charge in [-0.15, -0.1) is 0 Å². The molecule has 1 aliphatic heterocycles. The second-order valence-corrected chi connectivity index (χ2v) is 7.66. The molecule has 1 heterocycles. The molecule has 0 radical (unpaired) electrons. The van der Waals surface area contributed by atoms with E-state index in [0.717, 1.165) is 12.8 Å². The Hall–Kier alpha value is -1.44. The molecule has 128 valence electrons. The minimum atomic E-state index is -3.49. The van der Waals surface area contributed by atoms with Gasteiger partial charge in [0, 0.05) is 24.7 Å². The van der Waals surface area contributed by atoms with Crippen molar-refractivity contribution in [2.75, 3.05) is 31.6 Å². The van der Waals surface area contributed by atoms with Crippen molar-refractivity contribution in [2.24, 2.45) is 5.92 Å². The highest BCUT2D eigenvalue weighted by Gasteiger charge is 2.26. The van der Waals surface area contributed by atoms with Gasteiger partial charge >= 0.3 is 0 Å². The number of hydrogen-bond donors (Lipinski definition) is 1. The lowest BCUT2D eigenvalue weighted by Gasteiger charge is -2.26. The fourth-order valence-electron chi connectivity index (χ4n) is 2.48. The molecule has 0 aliphatic carbocycles. The summed E-state index contributed by atoms with van der Waals surface area (Å²) in [6.07, 6.45) is 1.78. The highest BCUT2D eigenvalue weighted by atomic mass is 32.2. The van der Waals surface area contributed by atoms with E-state index in [0.29, 0.717) is 32.0 Å². The highest BCUT2D eigenvalue weighted by molar-refractivity contribution is 7.89. The van der Waals surface area contributed by atoms with Crippen LogP contribution >= 0.6 is 0 Å². The molecular formula is C16H24N2O4S. The van der Waals surface area contributed by atoms with Crippen LogP contribution in [-0.2, 0) is 19.6 Å². The number of nitrogens with zero attached hydrogens (tertiary/aromatic N) is 1. The van der Waals surface area contributed by atoms with Crippen molar-refractivity contribution in [3.8, 4) is 0 Å². The van der Waals surface area contributed by atoms with E-state index >= 15 is 0 Å². The predicted molar refractivity (Wildman–Crippen MR) is 88.7 cm³/mol. The highest BCUT2D eigenvalue weighted by Crippen LogP contribution is 2.20. The number of ether oxygens (including phenoxy) is 1. The summed E-state index contributed by atoms with van der Waals surface area (Å²) < 4.78 is 31.6. The van der Waals surface area contributed by atoms with Crippen molar-refractivity contribution in [1.82, 2.24) is 4.31 Å². The number of morpholine rings is 1. The smallest absolute Gasteiger partial charge is 0.243 e. The Morgan fingerprint density at radius 2 is 1.87 bits per heavy atom. The lowest BCUT2D eigenvalue weighted by molar-refractivity contribution is -0.119. The maximum Gasteiger partial charge on any atom is 0.243 e. The van der Waals surface area contributed by atoms with E-state index in [9.17, 15) is 13.2 Å². The zero-order valence-electron chi connectivity index (χ0n) is 13.6. The average molecular weight is 340 g/mol. The van der Waals surface area contributed by atoms with Gasteiger partial charge in [-0.25, -0.2) is 8.42 Å². The van der Waals surface area contributed by atoms with E-state index in [2.05, 4.69) is 5.32 Å². The molecule has 1 N–H and O–H groups in total. The molecule has 23 heavy (non-hydrogen) atoms. The Labute approximate surface area is 137 Å². The van der Waals surface area contributed by atoms with Crippen molar-refractivity contribution in [3.05, 3.63) is 24.3 Å². The van der Waals surface area contributed by atoms with Gasteiger partial charge in [-0.3, -0.25) is 4.79 Å². The first kappa shape index (κ1) is 17.9. The molecular weight excluding hydrogens is 316 g/mol. The van der Waals surface area contributed by atoms with Crippen molar-refractivity contribution >= 4 is 21.6 Å². The van der Waals surface area contributed by atoms with Crippen LogP contribution in [0.3, 0.4) is 0 Å². The lowest BCUT2D eigenvalue weighted by atomic mass is 10.1. The Bertz CT molecular complexity index is 622. The molecule has 1 aliphatic rings. The molecule has 0 spiro atoms. The first-order valence-corrected chi connectivity index (χ1v) is 9.38. The summed E-state index contributed by atoms with van der Waals surface area (Å²) in [7, 11) is -3.49. The molecule has 1 saturated heterocycles. The first-order chi connectivity index (χ1) is 10.9. The monoisotopic (exact) mass is 340 g/mol. The quantitative estimate of drug-likeness (QED) is 0.860. The van der Waals surface area contributed by atoms with E-state index in [1.165, 1.54) is 16.4 Å². The summed E-state index contributed by atoms with van der Waals surface area (Å²) in [5.74, 6) is -0.104. The van der Waals surface area contributed by atoms with E-state index in [1.54, 1.807) is 12.1 Å². The number of anilines is 1. The number of benzene rings is 1. The summed E-state index contributed by atoms with van der Waals surface area (Å²) in [6, 6.07) is 6.32. The van der Waals surface area contributed by atoms with Crippen LogP contribution in [0, 0.1) is 5.92 Å². The average Bonchev–Trinajstić information content (AvgIpc) is 2.56.